The van der Waals surface area contributed by atoms with Crippen LogP contribution < -0.4 is 5.32 Å². The van der Waals surface area contributed by atoms with Crippen molar-refractivity contribution in [2.45, 2.75) is 57.1 Å². The van der Waals surface area contributed by atoms with E-state index < -0.39 is 6.04 Å². The second-order valence-electron chi connectivity index (χ2n) is 8.93. The highest BCUT2D eigenvalue weighted by Crippen LogP contribution is 2.22. The molecule has 0 aromatic heterocycles. The van der Waals surface area contributed by atoms with E-state index in [2.05, 4.69) is 52.4 Å². The molecule has 1 N–H and O–H groups in total. The van der Waals surface area contributed by atoms with E-state index in [0.29, 0.717) is 25.1 Å². The lowest BCUT2D eigenvalue weighted by atomic mass is 10.0. The van der Waals surface area contributed by atoms with Crippen LogP contribution in [-0.2, 0) is 22.6 Å². The number of aryl methyl sites for hydroxylation is 1. The Morgan fingerprint density at radius 2 is 1.57 bits per heavy atom. The number of nitrogens with zero attached hydrogens (tertiary/aromatic N) is 1. The predicted octanol–water partition coefficient (Wildman–Crippen LogP) is 6.40. The third-order valence-electron chi connectivity index (χ3n) is 5.57. The average molecular weight is 554 g/mol. The summed E-state index contributed by atoms with van der Waals surface area (Å²) in [6.07, 6.45) is 0.822. The Balaban J connectivity index is 1.83. The quantitative estimate of drug-likeness (QED) is 0.280. The fourth-order valence-corrected chi connectivity index (χ4v) is 4.86. The molecule has 2 amide bonds. The van der Waals surface area contributed by atoms with E-state index in [0.717, 1.165) is 20.5 Å². The highest BCUT2D eigenvalue weighted by Gasteiger charge is 2.30. The van der Waals surface area contributed by atoms with Gasteiger partial charge in [-0.2, -0.15) is 0 Å². The minimum absolute atomic E-state index is 0.0116. The zero-order valence-corrected chi connectivity index (χ0v) is 22.9. The highest BCUT2D eigenvalue weighted by atomic mass is 79.9. The van der Waals surface area contributed by atoms with Crippen molar-refractivity contribution >= 4 is 39.5 Å². The first kappa shape index (κ1) is 27.0. The van der Waals surface area contributed by atoms with Crippen molar-refractivity contribution in [2.24, 2.45) is 0 Å². The molecule has 3 aromatic carbocycles. The third kappa shape index (κ3) is 8.86. The van der Waals surface area contributed by atoms with Gasteiger partial charge in [-0.15, -0.1) is 11.8 Å². The summed E-state index contributed by atoms with van der Waals surface area (Å²) in [5, 5.41) is 3.04. The second-order valence-corrected chi connectivity index (χ2v) is 11.0. The molecule has 6 heteroatoms. The van der Waals surface area contributed by atoms with Crippen molar-refractivity contribution < 1.29 is 9.59 Å². The lowest BCUT2D eigenvalue weighted by Crippen LogP contribution is -2.51. The summed E-state index contributed by atoms with van der Waals surface area (Å²) in [5.41, 5.74) is 3.23. The lowest BCUT2D eigenvalue weighted by Gasteiger charge is -2.32. The minimum Gasteiger partial charge on any atom is -0.352 e. The summed E-state index contributed by atoms with van der Waals surface area (Å²) in [6, 6.07) is 25.5. The Morgan fingerprint density at radius 1 is 0.914 bits per heavy atom. The van der Waals surface area contributed by atoms with Crippen LogP contribution in [0.3, 0.4) is 0 Å². The van der Waals surface area contributed by atoms with Crippen LogP contribution in [0.5, 0.6) is 0 Å². The molecule has 184 valence electrons. The SMILES string of the molecule is Cc1ccc(SCCC(=O)N(Cc2ccc(Br)cc2)[C@@H](Cc2ccccc2)C(=O)NC(C)C)cc1. The van der Waals surface area contributed by atoms with Crippen LogP contribution in [0, 0.1) is 6.92 Å². The number of halogens is 1. The maximum atomic E-state index is 13.6. The van der Waals surface area contributed by atoms with Gasteiger partial charge >= 0.3 is 0 Å². The monoisotopic (exact) mass is 552 g/mol. The first-order chi connectivity index (χ1) is 16.8. The molecular weight excluding hydrogens is 520 g/mol. The molecule has 3 aromatic rings. The molecule has 4 nitrogen and oxygen atoms in total. The summed E-state index contributed by atoms with van der Waals surface area (Å²) in [4.78, 5) is 29.9. The molecule has 0 saturated carbocycles. The van der Waals surface area contributed by atoms with E-state index in [1.54, 1.807) is 16.7 Å². The van der Waals surface area contributed by atoms with Gasteiger partial charge in [0.25, 0.3) is 0 Å². The number of rotatable bonds is 11. The fourth-order valence-electron chi connectivity index (χ4n) is 3.76. The fraction of sp³-hybridized carbons (Fsp3) is 0.310. The molecule has 0 heterocycles. The zero-order chi connectivity index (χ0) is 25.2. The van der Waals surface area contributed by atoms with Crippen LogP contribution in [0.15, 0.2) is 88.2 Å². The topological polar surface area (TPSA) is 49.4 Å². The number of amides is 2. The number of carbonyl (C=O) groups excluding carboxylic acids is 2. The van der Waals surface area contributed by atoms with E-state index in [1.807, 2.05) is 68.4 Å². The second kappa shape index (κ2) is 13.5. The molecule has 1 atom stereocenters. The van der Waals surface area contributed by atoms with E-state index >= 15 is 0 Å². The first-order valence-electron chi connectivity index (χ1n) is 11.9. The predicted molar refractivity (Wildman–Crippen MR) is 148 cm³/mol. The Bertz CT molecular complexity index is 1090. The van der Waals surface area contributed by atoms with Gasteiger partial charge in [-0.1, -0.05) is 76.1 Å². The smallest absolute Gasteiger partial charge is 0.243 e. The van der Waals surface area contributed by atoms with Crippen molar-refractivity contribution in [2.75, 3.05) is 5.75 Å². The molecule has 0 fully saturated rings. The van der Waals surface area contributed by atoms with Crippen LogP contribution in [0.25, 0.3) is 0 Å². The molecule has 35 heavy (non-hydrogen) atoms. The lowest BCUT2D eigenvalue weighted by molar-refractivity contribution is -0.141. The molecule has 0 unspecified atom stereocenters. The normalized spacial score (nSPS) is 11.8. The van der Waals surface area contributed by atoms with E-state index in [-0.39, 0.29) is 17.9 Å². The van der Waals surface area contributed by atoms with Crippen molar-refractivity contribution in [3.05, 3.63) is 100 Å². The van der Waals surface area contributed by atoms with Gasteiger partial charge in [-0.25, -0.2) is 0 Å². The molecule has 0 aliphatic heterocycles. The summed E-state index contributed by atoms with van der Waals surface area (Å²) in [5.74, 6) is 0.510. The molecule has 0 aliphatic rings. The standard InChI is InChI=1S/C29H33BrN2O2S/c1-21(2)31-29(34)27(19-23-7-5-4-6-8-23)32(20-24-11-13-25(30)14-12-24)28(33)17-18-35-26-15-9-22(3)10-16-26/h4-16,21,27H,17-20H2,1-3H3,(H,31,34)/t27-/m0/s1. The molecule has 0 saturated heterocycles. The van der Waals surface area contributed by atoms with E-state index in [4.69, 9.17) is 0 Å². The largest absolute Gasteiger partial charge is 0.352 e. The van der Waals surface area contributed by atoms with Gasteiger partial charge in [-0.3, -0.25) is 9.59 Å². The van der Waals surface area contributed by atoms with Gasteiger partial charge in [0, 0.05) is 40.5 Å². The first-order valence-corrected chi connectivity index (χ1v) is 13.7. The van der Waals surface area contributed by atoms with E-state index in [9.17, 15) is 9.59 Å². The Morgan fingerprint density at radius 3 is 2.20 bits per heavy atom. The summed E-state index contributed by atoms with van der Waals surface area (Å²) >= 11 is 5.14. The molecule has 0 aliphatic carbocycles. The minimum atomic E-state index is -0.597. The van der Waals surface area contributed by atoms with Crippen LogP contribution in [0.4, 0.5) is 0 Å². The maximum Gasteiger partial charge on any atom is 0.243 e. The van der Waals surface area contributed by atoms with Crippen molar-refractivity contribution in [1.29, 1.82) is 0 Å². The number of hydrogen-bond donors (Lipinski definition) is 1. The molecule has 0 bridgehead atoms. The summed E-state index contributed by atoms with van der Waals surface area (Å²) in [7, 11) is 0. The summed E-state index contributed by atoms with van der Waals surface area (Å²) < 4.78 is 0.979. The van der Waals surface area contributed by atoms with Gasteiger partial charge in [-0.05, 0) is 56.2 Å². The Hall–Kier alpha value is -2.57. The molecule has 3 rings (SSSR count). The van der Waals surface area contributed by atoms with Gasteiger partial charge < -0.3 is 10.2 Å². The molecule has 0 radical (unpaired) electrons. The zero-order valence-electron chi connectivity index (χ0n) is 20.5. The number of carbonyl (C=O) groups is 2. The van der Waals surface area contributed by atoms with Crippen LogP contribution >= 0.6 is 27.7 Å². The van der Waals surface area contributed by atoms with Gasteiger partial charge in [0.05, 0.1) is 0 Å². The van der Waals surface area contributed by atoms with Crippen molar-refractivity contribution in [3.8, 4) is 0 Å². The van der Waals surface area contributed by atoms with Crippen LogP contribution in [-0.4, -0.2) is 34.6 Å². The van der Waals surface area contributed by atoms with Gasteiger partial charge in [0.2, 0.25) is 11.8 Å². The number of benzene rings is 3. The number of hydrogen-bond acceptors (Lipinski definition) is 3. The molecule has 0 spiro atoms. The van der Waals surface area contributed by atoms with Crippen LogP contribution in [0.1, 0.15) is 37.0 Å². The van der Waals surface area contributed by atoms with Crippen molar-refractivity contribution in [1.82, 2.24) is 10.2 Å². The highest BCUT2D eigenvalue weighted by molar-refractivity contribution is 9.10. The average Bonchev–Trinajstić information content (AvgIpc) is 2.84. The maximum absolute atomic E-state index is 13.6. The number of nitrogens with one attached hydrogen (secondary N) is 1. The van der Waals surface area contributed by atoms with Crippen LogP contribution in [0.2, 0.25) is 0 Å². The third-order valence-corrected chi connectivity index (χ3v) is 7.12. The Labute approximate surface area is 221 Å². The number of thioether (sulfide) groups is 1. The van der Waals surface area contributed by atoms with Gasteiger partial charge in [0.15, 0.2) is 0 Å². The van der Waals surface area contributed by atoms with Crippen molar-refractivity contribution in [3.63, 3.8) is 0 Å². The molecular formula is C29H33BrN2O2S. The van der Waals surface area contributed by atoms with E-state index in [1.165, 1.54) is 5.56 Å². The summed E-state index contributed by atoms with van der Waals surface area (Å²) in [6.45, 7) is 6.32. The van der Waals surface area contributed by atoms with Gasteiger partial charge in [0.1, 0.15) is 6.04 Å². The Kier molecular flexibility index (Phi) is 10.4.